The van der Waals surface area contributed by atoms with Crippen LogP contribution in [0.1, 0.15) is 11.1 Å². The predicted octanol–water partition coefficient (Wildman–Crippen LogP) is 0.568. The maximum absolute atomic E-state index is 13.6. The van der Waals surface area contributed by atoms with Crippen molar-refractivity contribution in [3.63, 3.8) is 0 Å². The molecule has 0 saturated carbocycles. The second-order valence-corrected chi connectivity index (χ2v) is 6.17. The summed E-state index contributed by atoms with van der Waals surface area (Å²) in [5.74, 6) is -0.609. The van der Waals surface area contributed by atoms with E-state index in [0.717, 1.165) is 6.07 Å². The van der Waals surface area contributed by atoms with Crippen LogP contribution in [0.3, 0.4) is 0 Å². The van der Waals surface area contributed by atoms with E-state index in [1.54, 1.807) is 6.07 Å². The number of nitriles is 1. The van der Waals surface area contributed by atoms with Crippen LogP contribution in [0.25, 0.3) is 0 Å². The Kier molecular flexibility index (Phi) is 4.23. The molecule has 108 valence electrons. The highest BCUT2D eigenvalue weighted by molar-refractivity contribution is 7.90. The number of anilines is 1. The minimum atomic E-state index is -3.73. The average Bonchev–Trinajstić information content (AvgIpc) is 2.44. The molecule has 0 unspecified atom stereocenters. The molecule has 8 heteroatoms. The molecule has 0 radical (unpaired) electrons. The normalized spacial score (nSPS) is 16.6. The highest BCUT2D eigenvalue weighted by Gasteiger charge is 2.24. The summed E-state index contributed by atoms with van der Waals surface area (Å²) in [6, 6.07) is 4.22. The fourth-order valence-corrected chi connectivity index (χ4v) is 3.22. The summed E-state index contributed by atoms with van der Waals surface area (Å²) in [4.78, 5) is 0. The van der Waals surface area contributed by atoms with Gasteiger partial charge in [-0.1, -0.05) is 0 Å². The Bertz CT molecular complexity index is 648. The molecule has 1 aromatic carbocycles. The summed E-state index contributed by atoms with van der Waals surface area (Å²) in [5.41, 5.74) is 0.342. The van der Waals surface area contributed by atoms with Gasteiger partial charge in [0.2, 0.25) is 0 Å². The number of rotatable bonds is 3. The molecular formula is C12H15FN4O2S. The second-order valence-electron chi connectivity index (χ2n) is 4.50. The van der Waals surface area contributed by atoms with E-state index < -0.39 is 16.0 Å². The van der Waals surface area contributed by atoms with Gasteiger partial charge in [-0.05, 0) is 19.1 Å². The molecule has 20 heavy (non-hydrogen) atoms. The maximum Gasteiger partial charge on any atom is 0.301 e. The molecule has 0 spiro atoms. The van der Waals surface area contributed by atoms with Gasteiger partial charge in [0.1, 0.15) is 5.82 Å². The predicted molar refractivity (Wildman–Crippen MR) is 72.8 cm³/mol. The van der Waals surface area contributed by atoms with Crippen LogP contribution in [0.5, 0.6) is 0 Å². The first-order valence-corrected chi connectivity index (χ1v) is 7.57. The van der Waals surface area contributed by atoms with E-state index in [1.165, 1.54) is 17.3 Å². The van der Waals surface area contributed by atoms with E-state index in [1.807, 2.05) is 0 Å². The summed E-state index contributed by atoms with van der Waals surface area (Å²) in [7, 11) is -3.73. The average molecular weight is 298 g/mol. The first kappa shape index (κ1) is 14.7. The van der Waals surface area contributed by atoms with Gasteiger partial charge in [0, 0.05) is 31.7 Å². The van der Waals surface area contributed by atoms with Crippen LogP contribution < -0.4 is 10.0 Å². The lowest BCUT2D eigenvalue weighted by molar-refractivity contribution is 0.362. The standard InChI is InChI=1S/C12H15FN4O2S/c1-9-11(13)6-10(8-14)7-12(9)16-20(18,19)17-4-2-15-3-5-17/h6-7,15-16H,2-5H2,1H3. The fourth-order valence-electron chi connectivity index (χ4n) is 1.94. The molecule has 1 aromatic rings. The Morgan fingerprint density at radius 1 is 1.40 bits per heavy atom. The molecular weight excluding hydrogens is 283 g/mol. The number of nitrogens with one attached hydrogen (secondary N) is 2. The molecule has 0 aromatic heterocycles. The summed E-state index contributed by atoms with van der Waals surface area (Å²) >= 11 is 0. The van der Waals surface area contributed by atoms with E-state index in [-0.39, 0.29) is 16.8 Å². The van der Waals surface area contributed by atoms with E-state index in [9.17, 15) is 12.8 Å². The van der Waals surface area contributed by atoms with Crippen molar-refractivity contribution >= 4 is 15.9 Å². The molecule has 1 aliphatic rings. The quantitative estimate of drug-likeness (QED) is 0.854. The molecule has 1 saturated heterocycles. The summed E-state index contributed by atoms with van der Waals surface area (Å²) in [6.07, 6.45) is 0. The fraction of sp³-hybridized carbons (Fsp3) is 0.417. The van der Waals surface area contributed by atoms with Crippen molar-refractivity contribution in [1.29, 1.82) is 5.26 Å². The largest absolute Gasteiger partial charge is 0.314 e. The maximum atomic E-state index is 13.6. The monoisotopic (exact) mass is 298 g/mol. The molecule has 2 rings (SSSR count). The molecule has 0 amide bonds. The summed E-state index contributed by atoms with van der Waals surface area (Å²) < 4.78 is 41.7. The van der Waals surface area contributed by atoms with Crippen molar-refractivity contribution < 1.29 is 12.8 Å². The molecule has 1 fully saturated rings. The van der Waals surface area contributed by atoms with Crippen molar-refractivity contribution in [2.45, 2.75) is 6.92 Å². The number of halogens is 1. The number of hydrogen-bond acceptors (Lipinski definition) is 4. The van der Waals surface area contributed by atoms with Crippen LogP contribution >= 0.6 is 0 Å². The first-order chi connectivity index (χ1) is 9.44. The molecule has 0 aliphatic carbocycles. The third kappa shape index (κ3) is 3.07. The smallest absolute Gasteiger partial charge is 0.301 e. The molecule has 0 atom stereocenters. The third-order valence-corrected chi connectivity index (χ3v) is 4.65. The molecule has 6 nitrogen and oxygen atoms in total. The third-order valence-electron chi connectivity index (χ3n) is 3.13. The Balaban J connectivity index is 2.29. The molecule has 1 heterocycles. The zero-order valence-corrected chi connectivity index (χ0v) is 11.8. The lowest BCUT2D eigenvalue weighted by atomic mass is 10.1. The van der Waals surface area contributed by atoms with Crippen molar-refractivity contribution in [2.24, 2.45) is 0 Å². The van der Waals surface area contributed by atoms with Gasteiger partial charge in [0.05, 0.1) is 17.3 Å². The Hall–Kier alpha value is -1.69. The van der Waals surface area contributed by atoms with Crippen LogP contribution in [0, 0.1) is 24.1 Å². The zero-order valence-electron chi connectivity index (χ0n) is 11.0. The van der Waals surface area contributed by atoms with Crippen molar-refractivity contribution in [2.75, 3.05) is 30.9 Å². The lowest BCUT2D eigenvalue weighted by Crippen LogP contribution is -2.48. The van der Waals surface area contributed by atoms with Crippen LogP contribution in [0.2, 0.25) is 0 Å². The van der Waals surface area contributed by atoms with Gasteiger partial charge >= 0.3 is 10.2 Å². The number of hydrogen-bond donors (Lipinski definition) is 2. The minimum absolute atomic E-state index is 0.0751. The van der Waals surface area contributed by atoms with Gasteiger partial charge < -0.3 is 5.32 Å². The highest BCUT2D eigenvalue weighted by atomic mass is 32.2. The minimum Gasteiger partial charge on any atom is -0.314 e. The molecule has 1 aliphatic heterocycles. The van der Waals surface area contributed by atoms with Gasteiger partial charge in [-0.15, -0.1) is 0 Å². The van der Waals surface area contributed by atoms with Crippen LogP contribution in [0.15, 0.2) is 12.1 Å². The topological polar surface area (TPSA) is 85.2 Å². The molecule has 0 bridgehead atoms. The van der Waals surface area contributed by atoms with Gasteiger partial charge in [-0.25, -0.2) is 4.39 Å². The van der Waals surface area contributed by atoms with E-state index in [2.05, 4.69) is 10.0 Å². The van der Waals surface area contributed by atoms with Crippen LogP contribution in [0.4, 0.5) is 10.1 Å². The first-order valence-electron chi connectivity index (χ1n) is 6.13. The van der Waals surface area contributed by atoms with Gasteiger partial charge in [0.25, 0.3) is 0 Å². The second kappa shape index (κ2) is 5.75. The lowest BCUT2D eigenvalue weighted by Gasteiger charge is -2.27. The highest BCUT2D eigenvalue weighted by Crippen LogP contribution is 2.22. The summed E-state index contributed by atoms with van der Waals surface area (Å²) in [6.45, 7) is 3.33. The Morgan fingerprint density at radius 3 is 2.65 bits per heavy atom. The number of nitrogens with zero attached hydrogens (tertiary/aromatic N) is 2. The Labute approximate surface area is 117 Å². The molecule has 2 N–H and O–H groups in total. The van der Waals surface area contributed by atoms with Crippen LogP contribution in [-0.2, 0) is 10.2 Å². The zero-order chi connectivity index (χ0) is 14.8. The van der Waals surface area contributed by atoms with Crippen molar-refractivity contribution in [1.82, 2.24) is 9.62 Å². The van der Waals surface area contributed by atoms with Gasteiger partial charge in [-0.3, -0.25) is 4.72 Å². The van der Waals surface area contributed by atoms with Crippen molar-refractivity contribution in [3.05, 3.63) is 29.1 Å². The van der Waals surface area contributed by atoms with Gasteiger partial charge in [0.15, 0.2) is 0 Å². The Morgan fingerprint density at radius 2 is 2.05 bits per heavy atom. The van der Waals surface area contributed by atoms with Crippen LogP contribution in [-0.4, -0.2) is 38.9 Å². The van der Waals surface area contributed by atoms with Crippen molar-refractivity contribution in [3.8, 4) is 6.07 Å². The number of piperazine rings is 1. The SMILES string of the molecule is Cc1c(F)cc(C#N)cc1NS(=O)(=O)N1CCNCC1. The van der Waals surface area contributed by atoms with E-state index in [0.29, 0.717) is 26.2 Å². The van der Waals surface area contributed by atoms with E-state index >= 15 is 0 Å². The number of benzene rings is 1. The summed E-state index contributed by atoms with van der Waals surface area (Å²) in [5, 5.41) is 11.9. The van der Waals surface area contributed by atoms with E-state index in [4.69, 9.17) is 5.26 Å². The van der Waals surface area contributed by atoms with Gasteiger partial charge in [-0.2, -0.15) is 18.0 Å².